The first-order valence-electron chi connectivity index (χ1n) is 5.16. The first-order valence-corrected chi connectivity index (χ1v) is 5.16. The predicted molar refractivity (Wildman–Crippen MR) is 61.7 cm³/mol. The van der Waals surface area contributed by atoms with E-state index >= 15 is 0 Å². The molecule has 0 saturated carbocycles. The zero-order valence-electron chi connectivity index (χ0n) is 9.77. The number of aliphatic carboxylic acids is 1. The molecule has 1 unspecified atom stereocenters. The lowest BCUT2D eigenvalue weighted by Crippen LogP contribution is -2.38. The molecule has 1 amide bonds. The second-order valence-corrected chi connectivity index (χ2v) is 3.67. The first-order chi connectivity index (χ1) is 8.04. The van der Waals surface area contributed by atoms with Gasteiger partial charge in [0.1, 0.15) is 6.04 Å². The fourth-order valence-electron chi connectivity index (χ4n) is 1.31. The number of carboxylic acids is 1. The number of benzene rings is 1. The van der Waals surface area contributed by atoms with Crippen molar-refractivity contribution in [2.75, 3.05) is 7.11 Å². The van der Waals surface area contributed by atoms with E-state index in [1.807, 2.05) is 6.07 Å². The fraction of sp³-hybridized carbons (Fsp3) is 0.333. The molecule has 1 aromatic carbocycles. The SMILES string of the molecule is COCc1cccc(C(=O)NC(C)C(=O)O)c1. The lowest BCUT2D eigenvalue weighted by Gasteiger charge is -2.09. The second-order valence-electron chi connectivity index (χ2n) is 3.67. The van der Waals surface area contributed by atoms with Crippen LogP contribution in [0.15, 0.2) is 24.3 Å². The minimum Gasteiger partial charge on any atom is -0.480 e. The number of hydrogen-bond donors (Lipinski definition) is 2. The van der Waals surface area contributed by atoms with E-state index in [9.17, 15) is 9.59 Å². The largest absolute Gasteiger partial charge is 0.480 e. The molecular weight excluding hydrogens is 222 g/mol. The molecule has 0 aliphatic rings. The quantitative estimate of drug-likeness (QED) is 0.802. The van der Waals surface area contributed by atoms with Crippen molar-refractivity contribution < 1.29 is 19.4 Å². The third-order valence-corrected chi connectivity index (χ3v) is 2.22. The Kier molecular flexibility index (Phi) is 4.66. The van der Waals surface area contributed by atoms with E-state index in [0.717, 1.165) is 5.56 Å². The van der Waals surface area contributed by atoms with Gasteiger partial charge in [0.25, 0.3) is 5.91 Å². The number of carbonyl (C=O) groups is 2. The molecule has 0 fully saturated rings. The summed E-state index contributed by atoms with van der Waals surface area (Å²) in [6.07, 6.45) is 0. The van der Waals surface area contributed by atoms with Crippen LogP contribution in [-0.4, -0.2) is 30.1 Å². The number of nitrogens with one attached hydrogen (secondary N) is 1. The van der Waals surface area contributed by atoms with Gasteiger partial charge in [-0.05, 0) is 24.6 Å². The zero-order chi connectivity index (χ0) is 12.8. The van der Waals surface area contributed by atoms with Crippen LogP contribution in [0.3, 0.4) is 0 Å². The minimum absolute atomic E-state index is 0.405. The van der Waals surface area contributed by atoms with E-state index in [2.05, 4.69) is 5.32 Å². The van der Waals surface area contributed by atoms with Crippen LogP contribution in [-0.2, 0) is 16.1 Å². The lowest BCUT2D eigenvalue weighted by atomic mass is 10.1. The number of methoxy groups -OCH3 is 1. The van der Waals surface area contributed by atoms with Crippen LogP contribution in [0.4, 0.5) is 0 Å². The molecule has 0 radical (unpaired) electrons. The normalized spacial score (nSPS) is 11.9. The van der Waals surface area contributed by atoms with Crippen molar-refractivity contribution in [2.45, 2.75) is 19.6 Å². The summed E-state index contributed by atoms with van der Waals surface area (Å²) in [4.78, 5) is 22.3. The van der Waals surface area contributed by atoms with Crippen LogP contribution < -0.4 is 5.32 Å². The van der Waals surface area contributed by atoms with E-state index in [1.165, 1.54) is 6.92 Å². The van der Waals surface area contributed by atoms with Gasteiger partial charge in [-0.25, -0.2) is 0 Å². The Morgan fingerprint density at radius 3 is 2.76 bits per heavy atom. The summed E-state index contributed by atoms with van der Waals surface area (Å²) in [6, 6.07) is 5.96. The molecule has 0 saturated heterocycles. The van der Waals surface area contributed by atoms with Crippen LogP contribution in [0.25, 0.3) is 0 Å². The van der Waals surface area contributed by atoms with Crippen LogP contribution >= 0.6 is 0 Å². The fourth-order valence-corrected chi connectivity index (χ4v) is 1.31. The molecule has 92 valence electrons. The summed E-state index contributed by atoms with van der Waals surface area (Å²) < 4.78 is 4.96. The summed E-state index contributed by atoms with van der Waals surface area (Å²) in [5, 5.41) is 11.1. The summed E-state index contributed by atoms with van der Waals surface area (Å²) >= 11 is 0. The Bertz CT molecular complexity index is 417. The Morgan fingerprint density at radius 1 is 1.47 bits per heavy atom. The number of rotatable bonds is 5. The average molecular weight is 237 g/mol. The van der Waals surface area contributed by atoms with Gasteiger partial charge in [-0.3, -0.25) is 9.59 Å². The van der Waals surface area contributed by atoms with Crippen LogP contribution in [0.2, 0.25) is 0 Å². The Morgan fingerprint density at radius 2 is 2.18 bits per heavy atom. The molecule has 0 bridgehead atoms. The summed E-state index contributed by atoms with van der Waals surface area (Å²) in [5.74, 6) is -1.47. The third kappa shape index (κ3) is 3.88. The molecule has 0 aliphatic heterocycles. The number of carbonyl (C=O) groups excluding carboxylic acids is 1. The van der Waals surface area contributed by atoms with Crippen molar-refractivity contribution in [3.63, 3.8) is 0 Å². The van der Waals surface area contributed by atoms with Crippen LogP contribution in [0.1, 0.15) is 22.8 Å². The highest BCUT2D eigenvalue weighted by Gasteiger charge is 2.15. The molecule has 2 N–H and O–H groups in total. The maximum Gasteiger partial charge on any atom is 0.325 e. The molecule has 0 heterocycles. The van der Waals surface area contributed by atoms with Gasteiger partial charge in [0.05, 0.1) is 6.61 Å². The number of amides is 1. The van der Waals surface area contributed by atoms with Gasteiger partial charge in [0.2, 0.25) is 0 Å². The lowest BCUT2D eigenvalue weighted by molar-refractivity contribution is -0.138. The van der Waals surface area contributed by atoms with Crippen molar-refractivity contribution in [2.24, 2.45) is 0 Å². The predicted octanol–water partition coefficient (Wildman–Crippen LogP) is 1.04. The Balaban J connectivity index is 2.75. The second kappa shape index (κ2) is 6.00. The number of carboxylic acid groups (broad SMARTS) is 1. The monoisotopic (exact) mass is 237 g/mol. The first kappa shape index (κ1) is 13.2. The molecule has 5 heteroatoms. The van der Waals surface area contributed by atoms with Gasteiger partial charge in [-0.2, -0.15) is 0 Å². The molecule has 0 aliphatic carbocycles. The molecule has 0 aromatic heterocycles. The Hall–Kier alpha value is -1.88. The molecule has 1 rings (SSSR count). The summed E-state index contributed by atoms with van der Waals surface area (Å²) in [6.45, 7) is 1.83. The summed E-state index contributed by atoms with van der Waals surface area (Å²) in [5.41, 5.74) is 1.29. The molecule has 1 atom stereocenters. The maximum absolute atomic E-state index is 11.7. The van der Waals surface area contributed by atoms with Gasteiger partial charge in [0.15, 0.2) is 0 Å². The van der Waals surface area contributed by atoms with Crippen molar-refractivity contribution in [1.29, 1.82) is 0 Å². The zero-order valence-corrected chi connectivity index (χ0v) is 9.77. The van der Waals surface area contributed by atoms with E-state index in [4.69, 9.17) is 9.84 Å². The third-order valence-electron chi connectivity index (χ3n) is 2.22. The number of ether oxygens (including phenoxy) is 1. The molecular formula is C12H15NO4. The standard InChI is InChI=1S/C12H15NO4/c1-8(12(15)16)13-11(14)10-5-3-4-9(6-10)7-17-2/h3-6,8H,7H2,1-2H3,(H,13,14)(H,15,16). The van der Waals surface area contributed by atoms with E-state index < -0.39 is 17.9 Å². The average Bonchev–Trinajstić information content (AvgIpc) is 2.29. The van der Waals surface area contributed by atoms with E-state index in [-0.39, 0.29) is 0 Å². The molecule has 5 nitrogen and oxygen atoms in total. The van der Waals surface area contributed by atoms with Crippen molar-refractivity contribution in [3.05, 3.63) is 35.4 Å². The van der Waals surface area contributed by atoms with E-state index in [0.29, 0.717) is 12.2 Å². The minimum atomic E-state index is -1.06. The van der Waals surface area contributed by atoms with Crippen LogP contribution in [0.5, 0.6) is 0 Å². The van der Waals surface area contributed by atoms with Crippen molar-refractivity contribution >= 4 is 11.9 Å². The van der Waals surface area contributed by atoms with Gasteiger partial charge >= 0.3 is 5.97 Å². The maximum atomic E-state index is 11.7. The highest BCUT2D eigenvalue weighted by atomic mass is 16.5. The van der Waals surface area contributed by atoms with Gasteiger partial charge < -0.3 is 15.2 Å². The molecule has 0 spiro atoms. The highest BCUT2D eigenvalue weighted by molar-refractivity contribution is 5.96. The van der Waals surface area contributed by atoms with Gasteiger partial charge in [-0.1, -0.05) is 12.1 Å². The Labute approximate surface area is 99.4 Å². The number of hydrogen-bond acceptors (Lipinski definition) is 3. The van der Waals surface area contributed by atoms with Crippen molar-refractivity contribution in [3.8, 4) is 0 Å². The topological polar surface area (TPSA) is 75.6 Å². The molecule has 1 aromatic rings. The van der Waals surface area contributed by atoms with Crippen molar-refractivity contribution in [1.82, 2.24) is 5.32 Å². The smallest absolute Gasteiger partial charge is 0.325 e. The summed E-state index contributed by atoms with van der Waals surface area (Å²) in [7, 11) is 1.57. The van der Waals surface area contributed by atoms with Gasteiger partial charge in [-0.15, -0.1) is 0 Å². The van der Waals surface area contributed by atoms with Gasteiger partial charge in [0, 0.05) is 12.7 Å². The van der Waals surface area contributed by atoms with E-state index in [1.54, 1.807) is 25.3 Å². The highest BCUT2D eigenvalue weighted by Crippen LogP contribution is 2.06. The molecule has 17 heavy (non-hydrogen) atoms. The van der Waals surface area contributed by atoms with Crippen LogP contribution in [0, 0.1) is 0 Å².